The normalized spacial score (nSPS) is 13.0. The van der Waals surface area contributed by atoms with E-state index in [2.05, 4.69) is 108 Å². The van der Waals surface area contributed by atoms with Gasteiger partial charge in [0.15, 0.2) is 0 Å². The van der Waals surface area contributed by atoms with Crippen LogP contribution in [0.15, 0.2) is 54.6 Å². The van der Waals surface area contributed by atoms with E-state index in [0.29, 0.717) is 24.7 Å². The van der Waals surface area contributed by atoms with Gasteiger partial charge < -0.3 is 14.4 Å². The van der Waals surface area contributed by atoms with E-state index >= 15 is 0 Å². The van der Waals surface area contributed by atoms with Crippen molar-refractivity contribution < 1.29 is 9.47 Å². The Hall–Kier alpha value is -1.55. The molecule has 31 heavy (non-hydrogen) atoms. The number of benzene rings is 2. The van der Waals surface area contributed by atoms with E-state index < -0.39 is 0 Å². The van der Waals surface area contributed by atoms with Crippen LogP contribution in [0.5, 0.6) is 5.75 Å². The van der Waals surface area contributed by atoms with E-state index in [9.17, 15) is 0 Å². The molecule has 174 valence electrons. The van der Waals surface area contributed by atoms with Crippen molar-refractivity contribution in [2.45, 2.75) is 58.9 Å². The molecule has 2 aromatic rings. The van der Waals surface area contributed by atoms with E-state index in [-0.39, 0.29) is 17.8 Å². The van der Waals surface area contributed by atoms with Crippen molar-refractivity contribution in [1.82, 2.24) is 4.90 Å². The van der Waals surface area contributed by atoms with Crippen molar-refractivity contribution in [2.24, 2.45) is 5.41 Å². The van der Waals surface area contributed by atoms with Gasteiger partial charge in [0.25, 0.3) is 0 Å². The van der Waals surface area contributed by atoms with Gasteiger partial charge >= 0.3 is 0 Å². The van der Waals surface area contributed by atoms with Gasteiger partial charge in [-0.25, -0.2) is 0 Å². The minimum atomic E-state index is 0. The van der Waals surface area contributed by atoms with Crippen LogP contribution in [-0.4, -0.2) is 38.8 Å². The molecule has 0 aromatic heterocycles. The monoisotopic (exact) mass is 447 g/mol. The third-order valence-corrected chi connectivity index (χ3v) is 5.45. The van der Waals surface area contributed by atoms with Crippen molar-refractivity contribution in [3.05, 3.63) is 65.7 Å². The summed E-state index contributed by atoms with van der Waals surface area (Å²) >= 11 is 0. The molecule has 0 bridgehead atoms. The van der Waals surface area contributed by atoms with Crippen LogP contribution in [0.2, 0.25) is 0 Å². The van der Waals surface area contributed by atoms with Gasteiger partial charge in [-0.15, -0.1) is 12.4 Å². The lowest BCUT2D eigenvalue weighted by atomic mass is 9.72. The van der Waals surface area contributed by atoms with Gasteiger partial charge in [0, 0.05) is 12.6 Å². The lowest BCUT2D eigenvalue weighted by Gasteiger charge is -2.33. The van der Waals surface area contributed by atoms with Crippen LogP contribution in [0, 0.1) is 5.41 Å². The van der Waals surface area contributed by atoms with E-state index in [4.69, 9.17) is 9.47 Å². The highest BCUT2D eigenvalue weighted by molar-refractivity contribution is 5.85. The maximum atomic E-state index is 5.88. The van der Waals surface area contributed by atoms with Gasteiger partial charge in [-0.3, -0.25) is 0 Å². The molecule has 0 heterocycles. The average molecular weight is 448 g/mol. The summed E-state index contributed by atoms with van der Waals surface area (Å²) < 4.78 is 11.7. The zero-order valence-electron chi connectivity index (χ0n) is 20.5. The van der Waals surface area contributed by atoms with Crippen LogP contribution in [0.25, 0.3) is 0 Å². The number of ether oxygens (including phenoxy) is 2. The van der Waals surface area contributed by atoms with Gasteiger partial charge in [-0.1, -0.05) is 77.1 Å². The van der Waals surface area contributed by atoms with Gasteiger partial charge in [-0.2, -0.15) is 0 Å². The van der Waals surface area contributed by atoms with E-state index in [1.54, 1.807) is 0 Å². The third-order valence-electron chi connectivity index (χ3n) is 5.45. The summed E-state index contributed by atoms with van der Waals surface area (Å²) in [5, 5.41) is 0. The first-order valence-electron chi connectivity index (χ1n) is 11.1. The molecule has 2 aromatic carbocycles. The lowest BCUT2D eigenvalue weighted by molar-refractivity contribution is 0.0841. The molecule has 4 heteroatoms. The Balaban J connectivity index is 0.00000480. The van der Waals surface area contributed by atoms with Crippen LogP contribution in [0.1, 0.15) is 64.6 Å². The zero-order chi connectivity index (χ0) is 22.2. The first-order chi connectivity index (χ1) is 14.1. The maximum Gasteiger partial charge on any atom is 0.119 e. The average Bonchev–Trinajstić information content (AvgIpc) is 2.66. The number of halogens is 1. The predicted molar refractivity (Wildman–Crippen MR) is 135 cm³/mol. The highest BCUT2D eigenvalue weighted by Gasteiger charge is 2.27. The molecule has 2 rings (SSSR count). The molecule has 0 N–H and O–H groups in total. The molecule has 0 saturated carbocycles. The second kappa shape index (κ2) is 12.5. The molecule has 3 nitrogen and oxygen atoms in total. The number of rotatable bonds is 11. The van der Waals surface area contributed by atoms with Crippen LogP contribution in [0.3, 0.4) is 0 Å². The third kappa shape index (κ3) is 9.64. The molecule has 0 aliphatic rings. The Kier molecular flexibility index (Phi) is 11.1. The van der Waals surface area contributed by atoms with Gasteiger partial charge in [0.1, 0.15) is 12.4 Å². The molecular formula is C27H42ClNO2. The molecule has 1 atom stereocenters. The Morgan fingerprint density at radius 3 is 1.97 bits per heavy atom. The molecular weight excluding hydrogens is 406 g/mol. The van der Waals surface area contributed by atoms with E-state index in [1.807, 2.05) is 0 Å². The summed E-state index contributed by atoms with van der Waals surface area (Å²) in [6.45, 7) is 13.4. The smallest absolute Gasteiger partial charge is 0.119 e. The van der Waals surface area contributed by atoms with E-state index in [1.165, 1.54) is 11.1 Å². The van der Waals surface area contributed by atoms with Crippen LogP contribution >= 0.6 is 12.4 Å². The van der Waals surface area contributed by atoms with Crippen molar-refractivity contribution in [1.29, 1.82) is 0 Å². The largest absolute Gasteiger partial charge is 0.491 e. The Morgan fingerprint density at radius 2 is 1.42 bits per heavy atom. The Labute approximate surface area is 196 Å². The zero-order valence-corrected chi connectivity index (χ0v) is 21.3. The molecule has 0 saturated heterocycles. The van der Waals surface area contributed by atoms with Crippen LogP contribution < -0.4 is 4.74 Å². The highest BCUT2D eigenvalue weighted by Crippen LogP contribution is 2.36. The standard InChI is InChI=1S/C27H41NO2.ClH/c1-26(2,3)21-27(4,5)23-13-15-24(16-14-23)30-20-19-29-18-17-25(28(6)7)22-11-9-8-10-12-22;/h8-16,25H,17-21H2,1-7H3;1H. The molecule has 0 fully saturated rings. The number of hydrogen-bond acceptors (Lipinski definition) is 3. The first kappa shape index (κ1) is 27.5. The van der Waals surface area contributed by atoms with Gasteiger partial charge in [-0.05, 0) is 61.0 Å². The second-order valence-corrected chi connectivity index (χ2v) is 10.3. The van der Waals surface area contributed by atoms with Crippen molar-refractivity contribution in [3.63, 3.8) is 0 Å². The first-order valence-corrected chi connectivity index (χ1v) is 11.1. The SMILES string of the molecule is CN(C)C(CCOCCOc1ccc(C(C)(C)CC(C)(C)C)cc1)c1ccccc1.Cl. The summed E-state index contributed by atoms with van der Waals surface area (Å²) in [6, 6.07) is 19.5. The van der Waals surface area contributed by atoms with Crippen molar-refractivity contribution >= 4 is 12.4 Å². The van der Waals surface area contributed by atoms with E-state index in [0.717, 1.165) is 25.2 Å². The molecule has 0 aliphatic heterocycles. The summed E-state index contributed by atoms with van der Waals surface area (Å²) in [5.74, 6) is 0.907. The predicted octanol–water partition coefficient (Wildman–Crippen LogP) is 6.91. The van der Waals surface area contributed by atoms with Crippen LogP contribution in [0.4, 0.5) is 0 Å². The highest BCUT2D eigenvalue weighted by atomic mass is 35.5. The maximum absolute atomic E-state index is 5.88. The molecule has 0 aliphatic carbocycles. The summed E-state index contributed by atoms with van der Waals surface area (Å²) in [4.78, 5) is 2.25. The summed E-state index contributed by atoms with van der Waals surface area (Å²) in [5.41, 5.74) is 3.15. The molecule has 0 amide bonds. The lowest BCUT2D eigenvalue weighted by Crippen LogP contribution is -2.24. The summed E-state index contributed by atoms with van der Waals surface area (Å²) in [6.07, 6.45) is 2.11. The minimum Gasteiger partial charge on any atom is -0.491 e. The van der Waals surface area contributed by atoms with Crippen LogP contribution in [-0.2, 0) is 10.2 Å². The molecule has 1 unspecified atom stereocenters. The Bertz CT molecular complexity index is 736. The fourth-order valence-electron chi connectivity index (χ4n) is 4.34. The fraction of sp³-hybridized carbons (Fsp3) is 0.556. The number of nitrogens with zero attached hydrogens (tertiary/aromatic N) is 1. The Morgan fingerprint density at radius 1 is 0.806 bits per heavy atom. The second-order valence-electron chi connectivity index (χ2n) is 10.3. The number of hydrogen-bond donors (Lipinski definition) is 0. The quantitative estimate of drug-likeness (QED) is 0.349. The van der Waals surface area contributed by atoms with Gasteiger partial charge in [0.2, 0.25) is 0 Å². The summed E-state index contributed by atoms with van der Waals surface area (Å²) in [7, 11) is 4.24. The van der Waals surface area contributed by atoms with Gasteiger partial charge in [0.05, 0.1) is 6.61 Å². The minimum absolute atomic E-state index is 0. The van der Waals surface area contributed by atoms with Crippen molar-refractivity contribution in [2.75, 3.05) is 33.9 Å². The fourth-order valence-corrected chi connectivity index (χ4v) is 4.34. The molecule has 0 radical (unpaired) electrons. The topological polar surface area (TPSA) is 21.7 Å². The molecule has 0 spiro atoms. The van der Waals surface area contributed by atoms with Crippen molar-refractivity contribution in [3.8, 4) is 5.75 Å².